The fourth-order valence-corrected chi connectivity index (χ4v) is 1.94. The van der Waals surface area contributed by atoms with E-state index in [2.05, 4.69) is 14.7 Å². The van der Waals surface area contributed by atoms with Crippen molar-refractivity contribution in [1.82, 2.24) is 9.97 Å². The van der Waals surface area contributed by atoms with Gasteiger partial charge in [-0.3, -0.25) is 9.59 Å². The van der Waals surface area contributed by atoms with Gasteiger partial charge in [0.2, 0.25) is 5.95 Å². The molecule has 0 saturated heterocycles. The largest absolute Gasteiger partial charge is 0.468 e. The van der Waals surface area contributed by atoms with Crippen LogP contribution in [-0.4, -0.2) is 35.1 Å². The Hall–Kier alpha value is -1.34. The first kappa shape index (κ1) is 12.7. The number of aldehydes is 1. The second-order valence-corrected chi connectivity index (χ2v) is 3.90. The average Bonchev–Trinajstić information content (AvgIpc) is 2.25. The maximum Gasteiger partial charge on any atom is 0.316 e. The number of nitrogens with zero attached hydrogens (tertiary/aromatic N) is 2. The molecule has 0 aliphatic carbocycles. The zero-order valence-electron chi connectivity index (χ0n) is 8.27. The van der Waals surface area contributed by atoms with Crippen molar-refractivity contribution in [3.05, 3.63) is 10.7 Å². The van der Waals surface area contributed by atoms with Crippen LogP contribution in [0, 0.1) is 0 Å². The number of nitrogen functional groups attached to an aromatic ring is 1. The van der Waals surface area contributed by atoms with Crippen LogP contribution in [0.2, 0.25) is 5.15 Å². The number of thioether (sulfide) groups is 1. The van der Waals surface area contributed by atoms with Crippen molar-refractivity contribution in [2.24, 2.45) is 0 Å². The molecule has 16 heavy (non-hydrogen) atoms. The summed E-state index contributed by atoms with van der Waals surface area (Å²) in [6.45, 7) is 0. The van der Waals surface area contributed by atoms with Gasteiger partial charge in [0.05, 0.1) is 18.4 Å². The number of aromatic nitrogens is 2. The van der Waals surface area contributed by atoms with E-state index in [4.69, 9.17) is 17.3 Å². The minimum Gasteiger partial charge on any atom is -0.468 e. The molecule has 1 aromatic heterocycles. The number of ether oxygens (including phenoxy) is 1. The van der Waals surface area contributed by atoms with Crippen LogP contribution in [0.4, 0.5) is 5.95 Å². The molecule has 2 N–H and O–H groups in total. The van der Waals surface area contributed by atoms with Gasteiger partial charge in [0.15, 0.2) is 6.29 Å². The van der Waals surface area contributed by atoms with E-state index in [0.29, 0.717) is 6.29 Å². The van der Waals surface area contributed by atoms with Crippen molar-refractivity contribution in [1.29, 1.82) is 0 Å². The Balaban J connectivity index is 2.93. The number of rotatable bonds is 4. The van der Waals surface area contributed by atoms with Crippen molar-refractivity contribution in [3.63, 3.8) is 0 Å². The number of hydrogen-bond acceptors (Lipinski definition) is 7. The van der Waals surface area contributed by atoms with Gasteiger partial charge in [-0.2, -0.15) is 0 Å². The van der Waals surface area contributed by atoms with Gasteiger partial charge < -0.3 is 10.5 Å². The van der Waals surface area contributed by atoms with Crippen LogP contribution in [0.15, 0.2) is 5.03 Å². The predicted molar refractivity (Wildman–Crippen MR) is 59.6 cm³/mol. The first-order chi connectivity index (χ1) is 7.58. The highest BCUT2D eigenvalue weighted by Gasteiger charge is 2.13. The fraction of sp³-hybridized carbons (Fsp3) is 0.250. The second kappa shape index (κ2) is 5.66. The van der Waals surface area contributed by atoms with Gasteiger partial charge in [-0.05, 0) is 0 Å². The molecule has 0 unspecified atom stereocenters. The SMILES string of the molecule is COC(=O)CSc1nc(N)nc(Cl)c1C=O. The molecule has 0 atom stereocenters. The summed E-state index contributed by atoms with van der Waals surface area (Å²) in [5.41, 5.74) is 5.49. The van der Waals surface area contributed by atoms with E-state index in [0.717, 1.165) is 11.8 Å². The lowest BCUT2D eigenvalue weighted by Crippen LogP contribution is -2.06. The van der Waals surface area contributed by atoms with Crippen molar-refractivity contribution < 1.29 is 14.3 Å². The molecule has 0 saturated carbocycles. The van der Waals surface area contributed by atoms with Gasteiger partial charge in [-0.25, -0.2) is 9.97 Å². The Labute approximate surface area is 101 Å². The van der Waals surface area contributed by atoms with E-state index >= 15 is 0 Å². The lowest BCUT2D eigenvalue weighted by molar-refractivity contribution is -0.137. The van der Waals surface area contributed by atoms with Crippen LogP contribution in [-0.2, 0) is 9.53 Å². The van der Waals surface area contributed by atoms with E-state index in [1.165, 1.54) is 7.11 Å². The molecule has 0 aliphatic heterocycles. The number of carbonyl (C=O) groups excluding carboxylic acids is 2. The third kappa shape index (κ3) is 3.07. The lowest BCUT2D eigenvalue weighted by Gasteiger charge is -2.04. The molecule has 0 bridgehead atoms. The summed E-state index contributed by atoms with van der Waals surface area (Å²) in [5.74, 6) is -0.470. The van der Waals surface area contributed by atoms with Crippen LogP contribution in [0.1, 0.15) is 10.4 Å². The summed E-state index contributed by atoms with van der Waals surface area (Å²) in [5, 5.41) is 0.229. The van der Waals surface area contributed by atoms with Gasteiger partial charge >= 0.3 is 5.97 Å². The van der Waals surface area contributed by atoms with Crippen LogP contribution >= 0.6 is 23.4 Å². The molecule has 8 heteroatoms. The summed E-state index contributed by atoms with van der Waals surface area (Å²) < 4.78 is 4.45. The zero-order chi connectivity index (χ0) is 12.1. The molecule has 0 amide bonds. The molecular weight excluding hydrogens is 254 g/mol. The number of hydrogen-bond donors (Lipinski definition) is 1. The van der Waals surface area contributed by atoms with E-state index in [9.17, 15) is 9.59 Å². The summed E-state index contributed by atoms with van der Waals surface area (Å²) in [7, 11) is 1.27. The highest BCUT2D eigenvalue weighted by atomic mass is 35.5. The smallest absolute Gasteiger partial charge is 0.316 e. The molecule has 0 spiro atoms. The summed E-state index contributed by atoms with van der Waals surface area (Å²) in [6.07, 6.45) is 0.515. The number of anilines is 1. The molecule has 0 radical (unpaired) electrons. The van der Waals surface area contributed by atoms with Crippen LogP contribution in [0.3, 0.4) is 0 Å². The van der Waals surface area contributed by atoms with Crippen molar-refractivity contribution >= 4 is 41.6 Å². The lowest BCUT2D eigenvalue weighted by atomic mass is 10.4. The van der Waals surface area contributed by atoms with Crippen molar-refractivity contribution in [3.8, 4) is 0 Å². The van der Waals surface area contributed by atoms with Gasteiger partial charge in [0, 0.05) is 0 Å². The Morgan fingerprint density at radius 1 is 1.62 bits per heavy atom. The van der Waals surface area contributed by atoms with Gasteiger partial charge in [0.25, 0.3) is 0 Å². The summed E-state index contributed by atoms with van der Waals surface area (Å²) in [6, 6.07) is 0. The van der Waals surface area contributed by atoms with Crippen molar-refractivity contribution in [2.45, 2.75) is 5.03 Å². The molecular formula is C8H8ClN3O3S. The predicted octanol–water partition coefficient (Wildman–Crippen LogP) is 0.790. The van der Waals surface area contributed by atoms with Gasteiger partial charge in [-0.15, -0.1) is 0 Å². The summed E-state index contributed by atoms with van der Waals surface area (Å²) >= 11 is 6.70. The number of carbonyl (C=O) groups is 2. The first-order valence-electron chi connectivity index (χ1n) is 4.06. The topological polar surface area (TPSA) is 95.2 Å². The molecule has 0 fully saturated rings. The summed E-state index contributed by atoms with van der Waals surface area (Å²) in [4.78, 5) is 29.1. The molecule has 0 aliphatic rings. The molecule has 86 valence electrons. The van der Waals surface area contributed by atoms with E-state index in [-0.39, 0.29) is 27.4 Å². The normalized spacial score (nSPS) is 9.88. The average molecular weight is 262 g/mol. The maximum absolute atomic E-state index is 10.9. The number of esters is 1. The van der Waals surface area contributed by atoms with E-state index < -0.39 is 5.97 Å². The number of halogens is 1. The quantitative estimate of drug-likeness (QED) is 0.370. The molecule has 0 aromatic carbocycles. The maximum atomic E-state index is 10.9. The van der Waals surface area contributed by atoms with Gasteiger partial charge in [0.1, 0.15) is 10.2 Å². The Morgan fingerprint density at radius 3 is 2.88 bits per heavy atom. The van der Waals surface area contributed by atoms with Gasteiger partial charge in [-0.1, -0.05) is 23.4 Å². The Kier molecular flexibility index (Phi) is 4.51. The third-order valence-corrected chi connectivity index (χ3v) is 2.81. The Morgan fingerprint density at radius 2 is 2.31 bits per heavy atom. The van der Waals surface area contributed by atoms with Crippen LogP contribution < -0.4 is 5.73 Å². The van der Waals surface area contributed by atoms with E-state index in [1.54, 1.807) is 0 Å². The second-order valence-electron chi connectivity index (χ2n) is 2.57. The minimum atomic E-state index is -0.435. The first-order valence-corrected chi connectivity index (χ1v) is 5.42. The monoisotopic (exact) mass is 261 g/mol. The Bertz CT molecular complexity index is 427. The highest BCUT2D eigenvalue weighted by molar-refractivity contribution is 8.00. The molecule has 1 aromatic rings. The number of nitrogens with two attached hydrogens (primary N) is 1. The zero-order valence-corrected chi connectivity index (χ0v) is 9.84. The standard InChI is InChI=1S/C8H8ClN3O3S/c1-15-5(14)3-16-7-4(2-13)6(9)11-8(10)12-7/h2H,3H2,1H3,(H2,10,11,12). The van der Waals surface area contributed by atoms with Crippen molar-refractivity contribution in [2.75, 3.05) is 18.6 Å². The fourth-order valence-electron chi connectivity index (χ4n) is 0.834. The molecule has 6 nitrogen and oxygen atoms in total. The number of methoxy groups -OCH3 is 1. The molecule has 1 rings (SSSR count). The highest BCUT2D eigenvalue weighted by Crippen LogP contribution is 2.24. The third-order valence-electron chi connectivity index (χ3n) is 1.55. The van der Waals surface area contributed by atoms with Crippen LogP contribution in [0.25, 0.3) is 0 Å². The van der Waals surface area contributed by atoms with Crippen LogP contribution in [0.5, 0.6) is 0 Å². The van der Waals surface area contributed by atoms with E-state index in [1.807, 2.05) is 0 Å². The minimum absolute atomic E-state index is 0.0180. The molecule has 1 heterocycles.